The van der Waals surface area contributed by atoms with Gasteiger partial charge < -0.3 is 30.0 Å². The van der Waals surface area contributed by atoms with Crippen molar-refractivity contribution in [1.29, 1.82) is 0 Å². The van der Waals surface area contributed by atoms with Crippen LogP contribution in [-0.4, -0.2) is 78.0 Å². The SMILES string of the molecule is CCC1(COCCC[Si](C)(O[Si](C)(C)O[Si](C)(C)C)O[Si](C)(O[SiH](C)O[Si](C)(C)C)C2CC3CC2C2CC=CC32)COC1. The zero-order valence-electron chi connectivity index (χ0n) is 29.5. The van der Waals surface area contributed by atoms with Crippen LogP contribution in [0.4, 0.5) is 0 Å². The standard InChI is InChI=1S/C30H64O7Si6/c1-13-30(23-32-24-30)22-31-18-15-19-42(11,36-41(9,10)35-40(6,7)8)37-43(12,34-38(2)33-39(3,4)5)29-21-25-20-28(29)27-17-14-16-26(25)27/h14,16,25-29,38H,13,15,17-24H2,1-12H3. The highest BCUT2D eigenvalue weighted by molar-refractivity contribution is 6.90. The highest BCUT2D eigenvalue weighted by atomic mass is 28.5. The van der Waals surface area contributed by atoms with Crippen LogP contribution in [0.1, 0.15) is 39.0 Å². The molecule has 0 aromatic heterocycles. The fraction of sp³-hybridized carbons (Fsp3) is 0.933. The minimum atomic E-state index is -2.72. The highest BCUT2D eigenvalue weighted by Gasteiger charge is 2.62. The summed E-state index contributed by atoms with van der Waals surface area (Å²) >= 11 is 0. The number of hydrogen-bond donors (Lipinski definition) is 0. The van der Waals surface area contributed by atoms with E-state index in [1.54, 1.807) is 0 Å². The van der Waals surface area contributed by atoms with Crippen molar-refractivity contribution >= 4 is 51.6 Å². The molecule has 0 amide bonds. The summed E-state index contributed by atoms with van der Waals surface area (Å²) in [7, 11) is -13.3. The van der Waals surface area contributed by atoms with Crippen molar-refractivity contribution in [2.45, 2.75) is 123 Å². The molecule has 0 N–H and O–H groups in total. The van der Waals surface area contributed by atoms with Gasteiger partial charge in [-0.05, 0) is 134 Å². The molecule has 4 aliphatic rings. The molecule has 2 saturated carbocycles. The molecule has 7 nitrogen and oxygen atoms in total. The predicted octanol–water partition coefficient (Wildman–Crippen LogP) is 7.87. The molecule has 1 heterocycles. The molecule has 4 rings (SSSR count). The molecular formula is C30H64O7Si6. The van der Waals surface area contributed by atoms with Crippen LogP contribution < -0.4 is 0 Å². The Bertz CT molecular complexity index is 962. The summed E-state index contributed by atoms with van der Waals surface area (Å²) in [5.74, 6) is 3.00. The summed E-state index contributed by atoms with van der Waals surface area (Å²) in [6.45, 7) is 30.3. The Morgan fingerprint density at radius 1 is 0.860 bits per heavy atom. The molecule has 0 aromatic carbocycles. The van der Waals surface area contributed by atoms with Gasteiger partial charge in [-0.3, -0.25) is 0 Å². The van der Waals surface area contributed by atoms with E-state index in [9.17, 15) is 0 Å². The van der Waals surface area contributed by atoms with Gasteiger partial charge in [-0.15, -0.1) is 0 Å². The molecule has 8 unspecified atom stereocenters. The third-order valence-corrected chi connectivity index (χ3v) is 32.0. The van der Waals surface area contributed by atoms with Gasteiger partial charge in [-0.2, -0.15) is 0 Å². The average Bonchev–Trinajstić information content (AvgIpc) is 3.50. The Kier molecular flexibility index (Phi) is 11.7. The van der Waals surface area contributed by atoms with Crippen LogP contribution in [0.2, 0.25) is 83.6 Å². The summed E-state index contributed by atoms with van der Waals surface area (Å²) in [4.78, 5) is 0. The van der Waals surface area contributed by atoms with E-state index in [-0.39, 0.29) is 5.41 Å². The van der Waals surface area contributed by atoms with Crippen molar-refractivity contribution in [3.63, 3.8) is 0 Å². The van der Waals surface area contributed by atoms with Crippen LogP contribution in [0, 0.1) is 29.1 Å². The maximum atomic E-state index is 7.62. The Labute approximate surface area is 271 Å². The molecule has 8 atom stereocenters. The number of hydrogen-bond acceptors (Lipinski definition) is 7. The zero-order valence-corrected chi connectivity index (χ0v) is 35.7. The molecule has 1 saturated heterocycles. The maximum absolute atomic E-state index is 7.62. The van der Waals surface area contributed by atoms with Crippen LogP contribution in [0.15, 0.2) is 12.2 Å². The molecule has 250 valence electrons. The lowest BCUT2D eigenvalue weighted by Crippen LogP contribution is -2.62. The van der Waals surface area contributed by atoms with Gasteiger partial charge in [0, 0.05) is 17.6 Å². The largest absolute Gasteiger partial charge is 0.439 e. The smallest absolute Gasteiger partial charge is 0.320 e. The first-order valence-electron chi connectivity index (χ1n) is 17.0. The fourth-order valence-electron chi connectivity index (χ4n) is 8.59. The fourth-order valence-corrected chi connectivity index (χ4v) is 35.8. The molecule has 43 heavy (non-hydrogen) atoms. The van der Waals surface area contributed by atoms with Crippen molar-refractivity contribution in [3.05, 3.63) is 12.2 Å². The van der Waals surface area contributed by atoms with E-state index in [0.29, 0.717) is 11.5 Å². The summed E-state index contributed by atoms with van der Waals surface area (Å²) < 4.78 is 47.3. The quantitative estimate of drug-likeness (QED) is 0.0818. The molecule has 3 aliphatic carbocycles. The summed E-state index contributed by atoms with van der Waals surface area (Å²) in [5.41, 5.74) is 0.704. The zero-order chi connectivity index (χ0) is 31.9. The van der Waals surface area contributed by atoms with Crippen LogP contribution >= 0.6 is 0 Å². The second-order valence-corrected chi connectivity index (χ2v) is 39.1. The molecule has 3 fully saturated rings. The minimum Gasteiger partial charge on any atom is -0.439 e. The van der Waals surface area contributed by atoms with Crippen molar-refractivity contribution in [3.8, 4) is 0 Å². The van der Waals surface area contributed by atoms with Crippen LogP contribution in [0.5, 0.6) is 0 Å². The molecule has 2 bridgehead atoms. The predicted molar refractivity (Wildman–Crippen MR) is 190 cm³/mol. The molecule has 13 heteroatoms. The van der Waals surface area contributed by atoms with E-state index in [2.05, 4.69) is 91.1 Å². The number of ether oxygens (including phenoxy) is 2. The minimum absolute atomic E-state index is 0.207. The first-order valence-corrected chi connectivity index (χ1v) is 33.7. The van der Waals surface area contributed by atoms with Crippen LogP contribution in [0.25, 0.3) is 0 Å². The number of fused-ring (bicyclic) bond motifs is 5. The summed E-state index contributed by atoms with van der Waals surface area (Å²) in [5, 5.41) is 0. The van der Waals surface area contributed by atoms with Crippen molar-refractivity contribution < 1.29 is 30.0 Å². The summed E-state index contributed by atoms with van der Waals surface area (Å²) in [6, 6.07) is 0.888. The number of allylic oxidation sites excluding steroid dienone is 2. The second-order valence-electron chi connectivity index (χ2n) is 16.8. The van der Waals surface area contributed by atoms with E-state index in [0.717, 1.165) is 63.1 Å². The molecular weight excluding hydrogens is 641 g/mol. The maximum Gasteiger partial charge on any atom is 0.320 e. The van der Waals surface area contributed by atoms with Gasteiger partial charge in [-0.1, -0.05) is 19.1 Å². The Morgan fingerprint density at radius 3 is 2.14 bits per heavy atom. The van der Waals surface area contributed by atoms with Crippen molar-refractivity contribution in [1.82, 2.24) is 0 Å². The van der Waals surface area contributed by atoms with E-state index in [4.69, 9.17) is 30.0 Å². The van der Waals surface area contributed by atoms with E-state index >= 15 is 0 Å². The van der Waals surface area contributed by atoms with Gasteiger partial charge in [0.1, 0.15) is 0 Å². The molecule has 0 radical (unpaired) electrons. The third-order valence-electron chi connectivity index (χ3n) is 9.92. The van der Waals surface area contributed by atoms with Gasteiger partial charge in [0.2, 0.25) is 0 Å². The Morgan fingerprint density at radius 2 is 1.56 bits per heavy atom. The van der Waals surface area contributed by atoms with Crippen molar-refractivity contribution in [2.75, 3.05) is 26.4 Å². The third kappa shape index (κ3) is 9.66. The van der Waals surface area contributed by atoms with Gasteiger partial charge in [0.25, 0.3) is 9.28 Å². The lowest BCUT2D eigenvalue weighted by Gasteiger charge is -2.48. The van der Waals surface area contributed by atoms with E-state index in [1.165, 1.54) is 19.3 Å². The van der Waals surface area contributed by atoms with Gasteiger partial charge in [0.05, 0.1) is 19.8 Å². The first kappa shape index (κ1) is 36.6. The average molecular weight is 705 g/mol. The normalized spacial score (nSPS) is 31.9. The Hall–Kier alpha value is 0.761. The number of rotatable bonds is 18. The van der Waals surface area contributed by atoms with Crippen molar-refractivity contribution in [2.24, 2.45) is 29.1 Å². The second kappa shape index (κ2) is 13.7. The lowest BCUT2D eigenvalue weighted by atomic mass is 9.81. The van der Waals surface area contributed by atoms with Crippen LogP contribution in [0.3, 0.4) is 0 Å². The molecule has 1 aliphatic heterocycles. The van der Waals surface area contributed by atoms with E-state index < -0.39 is 51.6 Å². The van der Waals surface area contributed by atoms with Crippen LogP contribution in [-0.2, 0) is 30.0 Å². The monoisotopic (exact) mass is 704 g/mol. The van der Waals surface area contributed by atoms with Gasteiger partial charge >= 0.3 is 25.7 Å². The lowest BCUT2D eigenvalue weighted by molar-refractivity contribution is -0.150. The summed E-state index contributed by atoms with van der Waals surface area (Å²) in [6.07, 6.45) is 10.8. The molecule has 0 aromatic rings. The topological polar surface area (TPSA) is 64.6 Å². The Balaban J connectivity index is 1.54. The molecule has 0 spiro atoms. The highest BCUT2D eigenvalue weighted by Crippen LogP contribution is 2.64. The van der Waals surface area contributed by atoms with E-state index in [1.807, 2.05) is 0 Å². The van der Waals surface area contributed by atoms with Gasteiger partial charge in [-0.25, -0.2) is 0 Å². The van der Waals surface area contributed by atoms with Gasteiger partial charge in [0.15, 0.2) is 16.6 Å². The first-order chi connectivity index (χ1) is 19.8.